The van der Waals surface area contributed by atoms with Crippen molar-refractivity contribution in [3.63, 3.8) is 0 Å². The number of carbonyl (C=O) groups is 1. The number of ether oxygens (including phenoxy) is 1. The van der Waals surface area contributed by atoms with Crippen LogP contribution in [0.3, 0.4) is 0 Å². The lowest BCUT2D eigenvalue weighted by molar-refractivity contribution is 0.0158. The van der Waals surface area contributed by atoms with Crippen LogP contribution < -0.4 is 4.90 Å². The highest BCUT2D eigenvalue weighted by Gasteiger charge is 2.28. The number of furan rings is 1. The molecular weight excluding hydrogens is 446 g/mol. The molecule has 8 nitrogen and oxygen atoms in total. The smallest absolute Gasteiger partial charge is 0.336 e. The van der Waals surface area contributed by atoms with Crippen LogP contribution in [0.25, 0.3) is 11.0 Å². The van der Waals surface area contributed by atoms with Crippen molar-refractivity contribution in [2.24, 2.45) is 0 Å². The van der Waals surface area contributed by atoms with Gasteiger partial charge in [-0.05, 0) is 51.7 Å². The molecule has 0 spiro atoms. The summed E-state index contributed by atoms with van der Waals surface area (Å²) in [5.74, 6) is -0.101. The number of benzene rings is 1. The summed E-state index contributed by atoms with van der Waals surface area (Å²) in [5.41, 5.74) is 2.19. The monoisotopic (exact) mass is 487 g/mol. The molecule has 0 aliphatic carbocycles. The fourth-order valence-electron chi connectivity index (χ4n) is 5.69. The average molecular weight is 488 g/mol. The number of carboxylic acid groups (broad SMARTS) is 1. The third-order valence-corrected chi connectivity index (χ3v) is 7.26. The second kappa shape index (κ2) is 10.9. The zero-order chi connectivity index (χ0) is 25.2. The maximum absolute atomic E-state index is 12.5. The lowest BCUT2D eigenvalue weighted by atomic mass is 9.96. The normalized spacial score (nSPS) is 18.9. The summed E-state index contributed by atoms with van der Waals surface area (Å²) in [6.45, 7) is 15.0. The molecule has 1 aromatic carbocycles. The molecule has 1 aromatic heterocycles. The Hall–Kier alpha value is -2.13. The van der Waals surface area contributed by atoms with Crippen molar-refractivity contribution in [3.05, 3.63) is 29.0 Å². The molecule has 2 saturated heterocycles. The van der Waals surface area contributed by atoms with Crippen molar-refractivity contribution >= 4 is 22.6 Å². The van der Waals surface area contributed by atoms with Crippen LogP contribution in [0.2, 0.25) is 0 Å². The second-order valence-corrected chi connectivity index (χ2v) is 10.5. The topological polar surface area (TPSA) is 89.6 Å². The lowest BCUT2D eigenvalue weighted by Gasteiger charge is -2.37. The van der Waals surface area contributed by atoms with E-state index in [1.54, 1.807) is 0 Å². The van der Waals surface area contributed by atoms with E-state index in [0.29, 0.717) is 42.1 Å². The first-order valence-corrected chi connectivity index (χ1v) is 13.0. The molecule has 0 radical (unpaired) electrons. The number of nitrogens with zero attached hydrogens (tertiary/aromatic N) is 3. The molecule has 2 N–H and O–H groups in total. The summed E-state index contributed by atoms with van der Waals surface area (Å²) in [6, 6.07) is 4.33. The van der Waals surface area contributed by atoms with Crippen molar-refractivity contribution in [2.45, 2.75) is 65.1 Å². The van der Waals surface area contributed by atoms with E-state index in [0.717, 1.165) is 75.8 Å². The Labute approximate surface area is 208 Å². The number of hydrogen-bond acceptors (Lipinski definition) is 7. The molecule has 0 bridgehead atoms. The van der Waals surface area contributed by atoms with E-state index in [1.807, 2.05) is 26.8 Å². The summed E-state index contributed by atoms with van der Waals surface area (Å²) in [7, 11) is 0. The number of carboxylic acids is 1. The van der Waals surface area contributed by atoms with Crippen LogP contribution in [0.1, 0.15) is 62.2 Å². The van der Waals surface area contributed by atoms with Gasteiger partial charge in [0.15, 0.2) is 0 Å². The minimum Gasteiger partial charge on any atom is -0.478 e. The summed E-state index contributed by atoms with van der Waals surface area (Å²) in [4.78, 5) is 19.4. The molecule has 0 atom stereocenters. The maximum atomic E-state index is 12.5. The molecule has 2 aliphatic rings. The standard InChI is InChI=1S/C27H41N3O5/c1-5-21-23(30(6-2)19-7-13-34-14-8-19)16-24-22(25(21)26(31)32)15-20(35-24)17-28-9-11-29(12-10-28)18-27(3,4)33/h15-16,19,33H,5-14,17-18H2,1-4H3,(H,31,32). The lowest BCUT2D eigenvalue weighted by Crippen LogP contribution is -2.50. The number of hydrogen-bond donors (Lipinski definition) is 2. The van der Waals surface area contributed by atoms with E-state index in [2.05, 4.69) is 27.7 Å². The highest BCUT2D eigenvalue weighted by Crippen LogP contribution is 2.36. The molecule has 2 fully saturated rings. The Morgan fingerprint density at radius 2 is 1.77 bits per heavy atom. The predicted octanol–water partition coefficient (Wildman–Crippen LogP) is 3.59. The third-order valence-electron chi connectivity index (χ3n) is 7.26. The van der Waals surface area contributed by atoms with Crippen molar-refractivity contribution in [1.82, 2.24) is 9.80 Å². The Bertz CT molecular complexity index is 1010. The fourth-order valence-corrected chi connectivity index (χ4v) is 5.69. The SMILES string of the molecule is CCc1c(N(CC)C2CCOCC2)cc2oc(CN3CCN(CC(C)(C)O)CC3)cc2c1C(=O)O. The van der Waals surface area contributed by atoms with Crippen LogP contribution in [0, 0.1) is 0 Å². The van der Waals surface area contributed by atoms with Gasteiger partial charge in [-0.15, -0.1) is 0 Å². The van der Waals surface area contributed by atoms with Gasteiger partial charge in [-0.3, -0.25) is 9.80 Å². The summed E-state index contributed by atoms with van der Waals surface area (Å²) in [6.07, 6.45) is 2.54. The second-order valence-electron chi connectivity index (χ2n) is 10.5. The summed E-state index contributed by atoms with van der Waals surface area (Å²) in [5, 5.41) is 21.0. The minimum atomic E-state index is -0.899. The van der Waals surface area contributed by atoms with Gasteiger partial charge >= 0.3 is 5.97 Å². The minimum absolute atomic E-state index is 0.341. The molecule has 2 aromatic rings. The first kappa shape index (κ1) is 25.9. The van der Waals surface area contributed by atoms with Gasteiger partial charge in [-0.25, -0.2) is 4.79 Å². The van der Waals surface area contributed by atoms with E-state index < -0.39 is 11.6 Å². The van der Waals surface area contributed by atoms with Crippen molar-refractivity contribution in [2.75, 3.05) is 57.4 Å². The fraction of sp³-hybridized carbons (Fsp3) is 0.667. The number of aliphatic hydroxyl groups is 1. The quantitative estimate of drug-likeness (QED) is 0.555. The van der Waals surface area contributed by atoms with Gasteiger partial charge in [-0.1, -0.05) is 6.92 Å². The van der Waals surface area contributed by atoms with E-state index >= 15 is 0 Å². The average Bonchev–Trinajstić information content (AvgIpc) is 3.21. The highest BCUT2D eigenvalue weighted by molar-refractivity contribution is 6.06. The van der Waals surface area contributed by atoms with Crippen LogP contribution in [0.5, 0.6) is 0 Å². The molecule has 0 unspecified atom stereocenters. The van der Waals surface area contributed by atoms with Gasteiger partial charge in [0.25, 0.3) is 0 Å². The number of β-amino-alcohol motifs (C(OH)–C–C–N with tert-alkyl or cyclic N) is 1. The molecule has 8 heteroatoms. The molecular formula is C27H41N3O5. The zero-order valence-corrected chi connectivity index (χ0v) is 21.7. The number of anilines is 1. The van der Waals surface area contributed by atoms with E-state index in [1.165, 1.54) is 0 Å². The summed E-state index contributed by atoms with van der Waals surface area (Å²) >= 11 is 0. The van der Waals surface area contributed by atoms with Gasteiger partial charge in [0.1, 0.15) is 11.3 Å². The number of aromatic carboxylic acids is 1. The van der Waals surface area contributed by atoms with Gasteiger partial charge in [-0.2, -0.15) is 0 Å². The Morgan fingerprint density at radius 1 is 1.11 bits per heavy atom. The van der Waals surface area contributed by atoms with Crippen LogP contribution in [0.4, 0.5) is 5.69 Å². The largest absolute Gasteiger partial charge is 0.478 e. The van der Waals surface area contributed by atoms with Gasteiger partial charge in [0.05, 0.1) is 17.7 Å². The zero-order valence-electron chi connectivity index (χ0n) is 21.7. The number of rotatable bonds is 9. The van der Waals surface area contributed by atoms with Gasteiger partial charge in [0.2, 0.25) is 0 Å². The predicted molar refractivity (Wildman–Crippen MR) is 137 cm³/mol. The molecule has 4 rings (SSSR count). The van der Waals surface area contributed by atoms with E-state index in [-0.39, 0.29) is 0 Å². The maximum Gasteiger partial charge on any atom is 0.336 e. The molecule has 35 heavy (non-hydrogen) atoms. The molecule has 3 heterocycles. The van der Waals surface area contributed by atoms with E-state index in [4.69, 9.17) is 9.15 Å². The Morgan fingerprint density at radius 3 is 2.34 bits per heavy atom. The van der Waals surface area contributed by atoms with E-state index in [9.17, 15) is 15.0 Å². The van der Waals surface area contributed by atoms with Crippen LogP contribution in [0.15, 0.2) is 16.5 Å². The molecule has 0 amide bonds. The Balaban J connectivity index is 1.60. The highest BCUT2D eigenvalue weighted by atomic mass is 16.5. The molecule has 2 aliphatic heterocycles. The summed E-state index contributed by atoms with van der Waals surface area (Å²) < 4.78 is 11.8. The van der Waals surface area contributed by atoms with Crippen LogP contribution in [-0.2, 0) is 17.7 Å². The van der Waals surface area contributed by atoms with Crippen molar-refractivity contribution in [3.8, 4) is 0 Å². The Kier molecular flexibility index (Phi) is 8.06. The number of piperazine rings is 1. The first-order valence-electron chi connectivity index (χ1n) is 13.0. The van der Waals surface area contributed by atoms with Gasteiger partial charge < -0.3 is 24.3 Å². The van der Waals surface area contributed by atoms with Crippen molar-refractivity contribution < 1.29 is 24.2 Å². The molecule has 194 valence electrons. The van der Waals surface area contributed by atoms with Gasteiger partial charge in [0, 0.05) is 75.7 Å². The van der Waals surface area contributed by atoms with Crippen LogP contribution >= 0.6 is 0 Å². The third kappa shape index (κ3) is 6.00. The van der Waals surface area contributed by atoms with Crippen molar-refractivity contribution in [1.29, 1.82) is 0 Å². The molecule has 0 saturated carbocycles. The van der Waals surface area contributed by atoms with Crippen LogP contribution in [-0.4, -0.2) is 90.1 Å². The first-order chi connectivity index (χ1) is 16.7. The number of fused-ring (bicyclic) bond motifs is 1.